The molecule has 22 heavy (non-hydrogen) atoms. The predicted molar refractivity (Wildman–Crippen MR) is 74.2 cm³/mol. The van der Waals surface area contributed by atoms with E-state index in [0.717, 1.165) is 11.0 Å². The molecule has 1 amide bonds. The number of methoxy groups -OCH3 is 1. The van der Waals surface area contributed by atoms with Crippen LogP contribution in [0.1, 0.15) is 25.3 Å². The molecule has 0 unspecified atom stereocenters. The molecule has 7 heteroatoms. The highest BCUT2D eigenvalue weighted by atomic mass is 19.4. The van der Waals surface area contributed by atoms with Gasteiger partial charge in [-0.3, -0.25) is 4.79 Å². The maximum absolute atomic E-state index is 13.5. The lowest BCUT2D eigenvalue weighted by molar-refractivity contribution is -0.160. The van der Waals surface area contributed by atoms with E-state index in [1.54, 1.807) is 0 Å². The summed E-state index contributed by atoms with van der Waals surface area (Å²) in [5.41, 5.74) is 0.312. The number of unbranched alkanes of at least 4 members (excludes halogenated alkanes) is 1. The maximum Gasteiger partial charge on any atom is 0.406 e. The second kappa shape index (κ2) is 8.00. The molecule has 0 aliphatic rings. The quantitative estimate of drug-likeness (QED) is 0.719. The van der Waals surface area contributed by atoms with Gasteiger partial charge in [-0.25, -0.2) is 4.39 Å². The molecule has 0 N–H and O–H groups in total. The molecule has 0 atom stereocenters. The summed E-state index contributed by atoms with van der Waals surface area (Å²) in [5.74, 6) is -1.30. The Morgan fingerprint density at radius 2 is 2.00 bits per heavy atom. The minimum Gasteiger partial charge on any atom is -0.494 e. The average molecular weight is 321 g/mol. The van der Waals surface area contributed by atoms with Crippen LogP contribution < -0.4 is 4.74 Å². The molecule has 0 aliphatic heterocycles. The molecule has 0 radical (unpaired) electrons. The second-order valence-electron chi connectivity index (χ2n) is 4.93. The number of nitrogens with zero attached hydrogens (tertiary/aromatic N) is 1. The number of carbonyl (C=O) groups excluding carboxylic acids is 1. The van der Waals surface area contributed by atoms with Crippen LogP contribution in [0.25, 0.3) is 0 Å². The fraction of sp³-hybridized carbons (Fsp3) is 0.533. The van der Waals surface area contributed by atoms with Gasteiger partial charge in [0, 0.05) is 6.54 Å². The largest absolute Gasteiger partial charge is 0.494 e. The molecule has 0 aromatic heterocycles. The minimum absolute atomic E-state index is 0.0225. The summed E-state index contributed by atoms with van der Waals surface area (Å²) in [7, 11) is 1.30. The van der Waals surface area contributed by atoms with E-state index >= 15 is 0 Å². The third-order valence-corrected chi connectivity index (χ3v) is 3.08. The van der Waals surface area contributed by atoms with Crippen molar-refractivity contribution in [3.8, 4) is 5.75 Å². The fourth-order valence-electron chi connectivity index (χ4n) is 1.96. The number of carbonyl (C=O) groups is 1. The van der Waals surface area contributed by atoms with Crippen LogP contribution >= 0.6 is 0 Å². The van der Waals surface area contributed by atoms with Crippen molar-refractivity contribution in [3.05, 3.63) is 29.6 Å². The number of benzene rings is 1. The molecule has 0 aliphatic carbocycles. The molecule has 0 heterocycles. The Labute approximate surface area is 126 Å². The van der Waals surface area contributed by atoms with Crippen LogP contribution in [0.15, 0.2) is 18.2 Å². The Hall–Kier alpha value is -1.79. The van der Waals surface area contributed by atoms with E-state index < -0.39 is 24.4 Å². The van der Waals surface area contributed by atoms with Gasteiger partial charge in [0.1, 0.15) is 6.54 Å². The van der Waals surface area contributed by atoms with E-state index in [-0.39, 0.29) is 18.7 Å². The maximum atomic E-state index is 13.5. The van der Waals surface area contributed by atoms with Crippen LogP contribution in [0, 0.1) is 5.82 Å². The standard InChI is InChI=1S/C15H19F4NO2/c1-3-4-7-20(10-15(17,18)19)14(21)9-11-5-6-13(22-2)12(16)8-11/h5-6,8H,3-4,7,9-10H2,1-2H3. The SMILES string of the molecule is CCCCN(CC(F)(F)F)C(=O)Cc1ccc(OC)c(F)c1. The number of amides is 1. The van der Waals surface area contributed by atoms with Gasteiger partial charge in [0.05, 0.1) is 13.5 Å². The van der Waals surface area contributed by atoms with Gasteiger partial charge >= 0.3 is 6.18 Å². The Morgan fingerprint density at radius 1 is 1.32 bits per heavy atom. The highest BCUT2D eigenvalue weighted by Gasteiger charge is 2.32. The van der Waals surface area contributed by atoms with Crippen LogP contribution in [0.3, 0.4) is 0 Å². The summed E-state index contributed by atoms with van der Waals surface area (Å²) in [4.78, 5) is 12.8. The average Bonchev–Trinajstić information content (AvgIpc) is 2.42. The summed E-state index contributed by atoms with van der Waals surface area (Å²) in [6.07, 6.45) is -3.56. The Kier molecular flexibility index (Phi) is 6.64. The zero-order valence-electron chi connectivity index (χ0n) is 12.5. The van der Waals surface area contributed by atoms with Gasteiger partial charge in [0.2, 0.25) is 5.91 Å². The third kappa shape index (κ3) is 5.91. The van der Waals surface area contributed by atoms with Crippen molar-refractivity contribution in [2.45, 2.75) is 32.4 Å². The molecule has 1 aromatic rings. The lowest BCUT2D eigenvalue weighted by atomic mass is 10.1. The van der Waals surface area contributed by atoms with Gasteiger partial charge in [0.25, 0.3) is 0 Å². The first-order valence-corrected chi connectivity index (χ1v) is 6.93. The van der Waals surface area contributed by atoms with Gasteiger partial charge < -0.3 is 9.64 Å². The van der Waals surface area contributed by atoms with E-state index in [1.807, 2.05) is 6.92 Å². The van der Waals surface area contributed by atoms with Gasteiger partial charge in [-0.2, -0.15) is 13.2 Å². The molecule has 0 fully saturated rings. The number of rotatable bonds is 7. The topological polar surface area (TPSA) is 29.5 Å². The highest BCUT2D eigenvalue weighted by molar-refractivity contribution is 5.78. The lowest BCUT2D eigenvalue weighted by Gasteiger charge is -2.24. The van der Waals surface area contributed by atoms with Crippen LogP contribution in [0.5, 0.6) is 5.75 Å². The van der Waals surface area contributed by atoms with Gasteiger partial charge in [-0.05, 0) is 24.1 Å². The van der Waals surface area contributed by atoms with Crippen LogP contribution in [-0.2, 0) is 11.2 Å². The molecule has 0 saturated heterocycles. The highest BCUT2D eigenvalue weighted by Crippen LogP contribution is 2.20. The second-order valence-corrected chi connectivity index (χ2v) is 4.93. The summed E-state index contributed by atoms with van der Waals surface area (Å²) >= 11 is 0. The van der Waals surface area contributed by atoms with Crippen LogP contribution in [0.4, 0.5) is 17.6 Å². The van der Waals surface area contributed by atoms with Crippen molar-refractivity contribution < 1.29 is 27.1 Å². The fourth-order valence-corrected chi connectivity index (χ4v) is 1.96. The number of hydrogen-bond donors (Lipinski definition) is 0. The first-order valence-electron chi connectivity index (χ1n) is 6.93. The molecule has 1 aromatic carbocycles. The minimum atomic E-state index is -4.45. The zero-order valence-corrected chi connectivity index (χ0v) is 12.5. The summed E-state index contributed by atoms with van der Waals surface area (Å²) in [6.45, 7) is 0.576. The Balaban J connectivity index is 2.79. The van der Waals surface area contributed by atoms with Crippen molar-refractivity contribution in [2.24, 2.45) is 0 Å². The molecule has 0 spiro atoms. The van der Waals surface area contributed by atoms with E-state index in [1.165, 1.54) is 19.2 Å². The Morgan fingerprint density at radius 3 is 2.50 bits per heavy atom. The first-order chi connectivity index (χ1) is 10.3. The van der Waals surface area contributed by atoms with Gasteiger partial charge in [-0.1, -0.05) is 19.4 Å². The van der Waals surface area contributed by atoms with E-state index in [0.29, 0.717) is 18.4 Å². The van der Waals surface area contributed by atoms with E-state index in [4.69, 9.17) is 4.74 Å². The van der Waals surface area contributed by atoms with E-state index in [2.05, 4.69) is 0 Å². The van der Waals surface area contributed by atoms with Crippen molar-refractivity contribution >= 4 is 5.91 Å². The van der Waals surface area contributed by atoms with Crippen molar-refractivity contribution in [2.75, 3.05) is 20.2 Å². The lowest BCUT2D eigenvalue weighted by Crippen LogP contribution is -2.40. The normalized spacial score (nSPS) is 11.4. The smallest absolute Gasteiger partial charge is 0.406 e. The first kappa shape index (κ1) is 18.3. The summed E-state index contributed by atoms with van der Waals surface area (Å²) < 4.78 is 55.9. The van der Waals surface area contributed by atoms with E-state index in [9.17, 15) is 22.4 Å². The molecule has 0 saturated carbocycles. The molecule has 3 nitrogen and oxygen atoms in total. The van der Waals surface area contributed by atoms with Crippen LogP contribution in [0.2, 0.25) is 0 Å². The molecular weight excluding hydrogens is 302 g/mol. The monoisotopic (exact) mass is 321 g/mol. The summed E-state index contributed by atoms with van der Waals surface area (Å²) in [6, 6.07) is 3.91. The predicted octanol–water partition coefficient (Wildman–Crippen LogP) is 3.57. The zero-order chi connectivity index (χ0) is 16.8. The number of ether oxygens (including phenoxy) is 1. The van der Waals surface area contributed by atoms with Gasteiger partial charge in [0.15, 0.2) is 11.6 Å². The number of alkyl halides is 3. The molecule has 124 valence electrons. The van der Waals surface area contributed by atoms with Crippen molar-refractivity contribution in [1.82, 2.24) is 4.90 Å². The number of hydrogen-bond acceptors (Lipinski definition) is 2. The third-order valence-electron chi connectivity index (χ3n) is 3.08. The van der Waals surface area contributed by atoms with Crippen LogP contribution in [-0.4, -0.2) is 37.2 Å². The number of halogens is 4. The van der Waals surface area contributed by atoms with Crippen molar-refractivity contribution in [1.29, 1.82) is 0 Å². The van der Waals surface area contributed by atoms with Gasteiger partial charge in [-0.15, -0.1) is 0 Å². The molecule has 1 rings (SSSR count). The van der Waals surface area contributed by atoms with Crippen molar-refractivity contribution in [3.63, 3.8) is 0 Å². The summed E-state index contributed by atoms with van der Waals surface area (Å²) in [5, 5.41) is 0. The Bertz CT molecular complexity index is 503. The molecule has 0 bridgehead atoms. The molecular formula is C15H19F4NO2.